The van der Waals surface area contributed by atoms with Gasteiger partial charge in [0.25, 0.3) is 0 Å². The molecule has 0 amide bonds. The first kappa shape index (κ1) is 19.6. The molecule has 0 unspecified atom stereocenters. The molecule has 2 fully saturated rings. The Bertz CT molecular complexity index is 931. The Balaban J connectivity index is 1.63. The van der Waals surface area contributed by atoms with Crippen LogP contribution in [0.2, 0.25) is 0 Å². The molecule has 0 radical (unpaired) electrons. The van der Waals surface area contributed by atoms with Crippen LogP contribution >= 0.6 is 0 Å². The molecule has 8 heteroatoms. The van der Waals surface area contributed by atoms with E-state index in [0.717, 1.165) is 38.2 Å². The highest BCUT2D eigenvalue weighted by molar-refractivity contribution is 5.84. The second-order valence-electron chi connectivity index (χ2n) is 8.05. The van der Waals surface area contributed by atoms with E-state index in [2.05, 4.69) is 26.9 Å². The van der Waals surface area contributed by atoms with E-state index in [4.69, 9.17) is 10.6 Å². The van der Waals surface area contributed by atoms with E-state index in [0.29, 0.717) is 22.5 Å². The fraction of sp³-hybridized carbons (Fsp3) is 0.429. The molecule has 29 heavy (non-hydrogen) atoms. The summed E-state index contributed by atoms with van der Waals surface area (Å²) >= 11 is 0. The first-order chi connectivity index (χ1) is 13.9. The van der Waals surface area contributed by atoms with Gasteiger partial charge in [-0.25, -0.2) is 14.4 Å². The zero-order chi connectivity index (χ0) is 20.6. The van der Waals surface area contributed by atoms with E-state index < -0.39 is 5.82 Å². The lowest BCUT2D eigenvalue weighted by molar-refractivity contribution is 0.191. The van der Waals surface area contributed by atoms with Crippen LogP contribution in [0.4, 0.5) is 15.9 Å². The summed E-state index contributed by atoms with van der Waals surface area (Å²) in [7, 11) is 0. The van der Waals surface area contributed by atoms with Crippen LogP contribution in [0.15, 0.2) is 31.1 Å². The highest BCUT2D eigenvalue weighted by Crippen LogP contribution is 2.42. The Morgan fingerprint density at radius 1 is 1.41 bits per heavy atom. The van der Waals surface area contributed by atoms with E-state index in [1.54, 1.807) is 6.07 Å². The van der Waals surface area contributed by atoms with Gasteiger partial charge in [-0.1, -0.05) is 6.58 Å². The number of hydrogen-bond acceptors (Lipinski definition) is 7. The summed E-state index contributed by atoms with van der Waals surface area (Å²) in [5.41, 5.74) is 4.46. The smallest absolute Gasteiger partial charge is 0.167 e. The van der Waals surface area contributed by atoms with Crippen molar-refractivity contribution in [1.82, 2.24) is 9.97 Å². The van der Waals surface area contributed by atoms with Crippen molar-refractivity contribution in [1.29, 1.82) is 0 Å². The lowest BCUT2D eigenvalue weighted by Gasteiger charge is -2.19. The molecule has 0 spiro atoms. The Morgan fingerprint density at radius 3 is 2.86 bits per heavy atom. The van der Waals surface area contributed by atoms with Gasteiger partial charge in [-0.3, -0.25) is 5.84 Å². The number of halogens is 1. The highest BCUT2D eigenvalue weighted by atomic mass is 19.1. The predicted molar refractivity (Wildman–Crippen MR) is 110 cm³/mol. The highest BCUT2D eigenvalue weighted by Gasteiger charge is 2.40. The van der Waals surface area contributed by atoms with Gasteiger partial charge in [0.15, 0.2) is 11.6 Å². The van der Waals surface area contributed by atoms with Gasteiger partial charge in [-0.05, 0) is 32.3 Å². The second-order valence-corrected chi connectivity index (χ2v) is 8.05. The van der Waals surface area contributed by atoms with Gasteiger partial charge in [0.2, 0.25) is 0 Å². The zero-order valence-electron chi connectivity index (χ0n) is 16.5. The van der Waals surface area contributed by atoms with Crippen LogP contribution in [-0.4, -0.2) is 40.4 Å². The summed E-state index contributed by atoms with van der Waals surface area (Å²) in [5.74, 6) is 6.36. The van der Waals surface area contributed by atoms with Crippen LogP contribution in [0.25, 0.3) is 5.57 Å². The molecule has 2 aromatic rings. The Morgan fingerprint density at radius 2 is 2.21 bits per heavy atom. The normalized spacial score (nSPS) is 19.9. The number of rotatable bonds is 7. The molecule has 1 atom stereocenters. The van der Waals surface area contributed by atoms with Crippen LogP contribution in [0, 0.1) is 11.7 Å². The number of nitrogens with zero attached hydrogens (tertiary/aromatic N) is 3. The number of hydrogen-bond donors (Lipinski definition) is 3. The van der Waals surface area contributed by atoms with E-state index >= 15 is 0 Å². The van der Waals surface area contributed by atoms with Crippen LogP contribution in [-0.2, 0) is 0 Å². The lowest BCUT2D eigenvalue weighted by Crippen LogP contribution is -2.22. The van der Waals surface area contributed by atoms with Gasteiger partial charge in [0.05, 0.1) is 11.4 Å². The van der Waals surface area contributed by atoms with Crippen molar-refractivity contribution in [3.63, 3.8) is 0 Å². The van der Waals surface area contributed by atoms with Crippen molar-refractivity contribution in [3.8, 4) is 5.75 Å². The standard InChI is InChI=1S/C21H26FN5O2/c1-13(17-9-20(25-12-24-17)27-6-3-14(10-27)11-28)15-7-19(29-21(2)4-5-21)16(22)8-18(15)26-23/h7-9,12,14,26,28H,1,3-6,10-11,23H2,2H3/t14-/m1/s1. The third-order valence-corrected chi connectivity index (χ3v) is 5.69. The minimum absolute atomic E-state index is 0.171. The summed E-state index contributed by atoms with van der Waals surface area (Å²) in [6.45, 7) is 7.88. The monoisotopic (exact) mass is 399 g/mol. The minimum atomic E-state index is -0.474. The van der Waals surface area contributed by atoms with Gasteiger partial charge >= 0.3 is 0 Å². The number of aliphatic hydroxyl groups excluding tert-OH is 1. The number of aromatic nitrogens is 2. The van der Waals surface area contributed by atoms with Gasteiger partial charge in [-0.15, -0.1) is 0 Å². The van der Waals surface area contributed by atoms with E-state index in [-0.39, 0.29) is 23.9 Å². The van der Waals surface area contributed by atoms with Gasteiger partial charge in [0, 0.05) is 48.9 Å². The molecule has 7 nitrogen and oxygen atoms in total. The van der Waals surface area contributed by atoms with Crippen molar-refractivity contribution in [2.24, 2.45) is 11.8 Å². The molecule has 1 aliphatic heterocycles. The molecule has 2 aliphatic rings. The predicted octanol–water partition coefficient (Wildman–Crippen LogP) is 2.71. The van der Waals surface area contributed by atoms with Crippen LogP contribution in [0.3, 0.4) is 0 Å². The van der Waals surface area contributed by atoms with E-state index in [1.165, 1.54) is 12.4 Å². The Hall–Kier alpha value is -2.71. The number of nitrogens with one attached hydrogen (secondary N) is 1. The summed E-state index contributed by atoms with van der Waals surface area (Å²) in [6.07, 6.45) is 4.22. The SMILES string of the molecule is C=C(c1cc(N2CC[C@@H](CO)C2)ncn1)c1cc(OC2(C)CC2)c(F)cc1NN. The van der Waals surface area contributed by atoms with Crippen molar-refractivity contribution in [2.45, 2.75) is 31.8 Å². The maximum atomic E-state index is 14.5. The maximum absolute atomic E-state index is 14.5. The number of aliphatic hydroxyl groups is 1. The third kappa shape index (κ3) is 4.04. The molecule has 0 bridgehead atoms. The Kier molecular flexibility index (Phi) is 5.14. The minimum Gasteiger partial charge on any atom is -0.484 e. The third-order valence-electron chi connectivity index (χ3n) is 5.69. The molecule has 1 saturated carbocycles. The van der Waals surface area contributed by atoms with Crippen LogP contribution < -0.4 is 20.9 Å². The van der Waals surface area contributed by atoms with Crippen molar-refractivity contribution in [3.05, 3.63) is 48.2 Å². The van der Waals surface area contributed by atoms with Gasteiger partial charge < -0.3 is 20.2 Å². The zero-order valence-corrected chi connectivity index (χ0v) is 16.5. The number of nitrogen functional groups attached to an aromatic ring is 1. The molecule has 1 aliphatic carbocycles. The average Bonchev–Trinajstić information content (AvgIpc) is 3.27. The average molecular weight is 399 g/mol. The quantitative estimate of drug-likeness (QED) is 0.487. The van der Waals surface area contributed by atoms with E-state index in [1.807, 2.05) is 13.0 Å². The summed E-state index contributed by atoms with van der Waals surface area (Å²) in [4.78, 5) is 10.8. The first-order valence-corrected chi connectivity index (χ1v) is 9.79. The number of benzene rings is 1. The van der Waals surface area contributed by atoms with Crippen molar-refractivity contribution < 1.29 is 14.2 Å². The molecular formula is C21H26FN5O2. The molecule has 1 aromatic heterocycles. The molecule has 1 aromatic carbocycles. The lowest BCUT2D eigenvalue weighted by atomic mass is 10.0. The number of anilines is 2. The molecule has 4 N–H and O–H groups in total. The maximum Gasteiger partial charge on any atom is 0.167 e. The van der Waals surface area contributed by atoms with Crippen molar-refractivity contribution in [2.75, 3.05) is 30.0 Å². The van der Waals surface area contributed by atoms with Crippen LogP contribution in [0.5, 0.6) is 5.75 Å². The van der Waals surface area contributed by atoms with Gasteiger partial charge in [-0.2, -0.15) is 0 Å². The first-order valence-electron chi connectivity index (χ1n) is 9.79. The molecular weight excluding hydrogens is 373 g/mol. The fourth-order valence-electron chi connectivity index (χ4n) is 3.56. The van der Waals surface area contributed by atoms with E-state index in [9.17, 15) is 9.50 Å². The number of hydrazine groups is 1. The molecule has 4 rings (SSSR count). The molecule has 154 valence electrons. The summed E-state index contributed by atoms with van der Waals surface area (Å²) in [6, 6.07) is 4.79. The Labute approximate surface area is 169 Å². The summed E-state index contributed by atoms with van der Waals surface area (Å²) in [5, 5.41) is 9.38. The number of ether oxygens (including phenoxy) is 1. The second kappa shape index (κ2) is 7.61. The molecule has 2 heterocycles. The van der Waals surface area contributed by atoms with Crippen LogP contribution in [0.1, 0.15) is 37.4 Å². The largest absolute Gasteiger partial charge is 0.484 e. The van der Waals surface area contributed by atoms with Gasteiger partial charge in [0.1, 0.15) is 17.7 Å². The molecule has 1 saturated heterocycles. The fourth-order valence-corrected chi connectivity index (χ4v) is 3.56. The summed E-state index contributed by atoms with van der Waals surface area (Å²) < 4.78 is 20.3. The number of nitrogens with two attached hydrogens (primary N) is 1. The van der Waals surface area contributed by atoms with Crippen molar-refractivity contribution >= 4 is 17.1 Å². The topological polar surface area (TPSA) is 96.5 Å².